The maximum absolute atomic E-state index is 13.3. The molecule has 0 radical (unpaired) electrons. The predicted octanol–water partition coefficient (Wildman–Crippen LogP) is 2.84. The van der Waals surface area contributed by atoms with E-state index >= 15 is 0 Å². The molecule has 7 nitrogen and oxygen atoms in total. The maximum Gasteiger partial charge on any atom is 0.266 e. The third-order valence-electron chi connectivity index (χ3n) is 3.89. The Balaban J connectivity index is 1.76. The molecule has 4 rings (SSSR count). The molecule has 0 atom stereocenters. The lowest BCUT2D eigenvalue weighted by atomic mass is 10.3. The maximum atomic E-state index is 13.3. The number of pyridine rings is 1. The fourth-order valence-electron chi connectivity index (χ4n) is 2.65. The van der Waals surface area contributed by atoms with Crippen LogP contribution in [0.3, 0.4) is 0 Å². The van der Waals surface area contributed by atoms with E-state index in [-0.39, 0.29) is 11.4 Å². The van der Waals surface area contributed by atoms with Crippen LogP contribution in [0, 0.1) is 0 Å². The van der Waals surface area contributed by atoms with Gasteiger partial charge in [-0.2, -0.15) is 0 Å². The first kappa shape index (κ1) is 16.5. The largest absolute Gasteiger partial charge is 0.486 e. The van der Waals surface area contributed by atoms with Gasteiger partial charge in [0, 0.05) is 12.3 Å². The van der Waals surface area contributed by atoms with Crippen LogP contribution in [0.2, 0.25) is 0 Å². The molecule has 3 aromatic rings. The van der Waals surface area contributed by atoms with Crippen molar-refractivity contribution in [3.05, 3.63) is 66.8 Å². The second-order valence-electron chi connectivity index (χ2n) is 5.58. The van der Waals surface area contributed by atoms with Gasteiger partial charge in [0.05, 0.1) is 17.7 Å². The first-order valence-electron chi connectivity index (χ1n) is 8.00. The topological polar surface area (TPSA) is 81.9 Å². The predicted molar refractivity (Wildman–Crippen MR) is 93.7 cm³/mol. The minimum Gasteiger partial charge on any atom is -0.486 e. The van der Waals surface area contributed by atoms with Crippen molar-refractivity contribution >= 4 is 15.8 Å². The first-order valence-corrected chi connectivity index (χ1v) is 9.44. The lowest BCUT2D eigenvalue weighted by Crippen LogP contribution is -2.31. The highest BCUT2D eigenvalue weighted by Gasteiger charge is 2.28. The van der Waals surface area contributed by atoms with Crippen LogP contribution in [0.5, 0.6) is 11.5 Å². The quantitative estimate of drug-likeness (QED) is 0.685. The molecule has 3 heterocycles. The molecule has 0 amide bonds. The molecule has 0 aliphatic carbocycles. The van der Waals surface area contributed by atoms with Crippen molar-refractivity contribution in [3.8, 4) is 11.5 Å². The van der Waals surface area contributed by atoms with Gasteiger partial charge in [0.2, 0.25) is 0 Å². The lowest BCUT2D eigenvalue weighted by molar-refractivity contribution is 0.171. The Bertz CT molecular complexity index is 988. The molecule has 0 spiro atoms. The summed E-state index contributed by atoms with van der Waals surface area (Å²) in [6.45, 7) is 0.852. The van der Waals surface area contributed by atoms with Gasteiger partial charge in [-0.3, -0.25) is 0 Å². The standard InChI is InChI=1S/C18H16N2O5S/c21-26(22,15-6-7-16-17(12-15)25-11-10-24-16)20(13-14-4-3-9-23-14)18-5-1-2-8-19-18/h1-9,12H,10-11,13H2. The molecule has 1 aromatic carbocycles. The molecule has 134 valence electrons. The van der Waals surface area contributed by atoms with Crippen molar-refractivity contribution in [3.63, 3.8) is 0 Å². The third-order valence-corrected chi connectivity index (χ3v) is 5.63. The Morgan fingerprint density at radius 2 is 1.85 bits per heavy atom. The van der Waals surface area contributed by atoms with E-state index in [0.29, 0.717) is 36.3 Å². The minimum absolute atomic E-state index is 0.0286. The minimum atomic E-state index is -3.89. The van der Waals surface area contributed by atoms with E-state index < -0.39 is 10.0 Å². The number of rotatable bonds is 5. The van der Waals surface area contributed by atoms with Crippen molar-refractivity contribution in [1.29, 1.82) is 0 Å². The Morgan fingerprint density at radius 3 is 2.58 bits per heavy atom. The Kier molecular flexibility index (Phi) is 4.26. The summed E-state index contributed by atoms with van der Waals surface area (Å²) >= 11 is 0. The summed E-state index contributed by atoms with van der Waals surface area (Å²) in [6.07, 6.45) is 3.05. The van der Waals surface area contributed by atoms with Gasteiger partial charge in [0.1, 0.15) is 24.8 Å². The molecular formula is C18H16N2O5S. The van der Waals surface area contributed by atoms with Crippen molar-refractivity contribution < 1.29 is 22.3 Å². The number of fused-ring (bicyclic) bond motifs is 1. The van der Waals surface area contributed by atoms with Gasteiger partial charge in [-0.05, 0) is 36.4 Å². The second kappa shape index (κ2) is 6.72. The first-order chi connectivity index (χ1) is 12.6. The number of hydrogen-bond acceptors (Lipinski definition) is 6. The van der Waals surface area contributed by atoms with E-state index in [2.05, 4.69) is 4.98 Å². The van der Waals surface area contributed by atoms with Crippen LogP contribution in [-0.4, -0.2) is 26.6 Å². The molecule has 0 N–H and O–H groups in total. The average Bonchev–Trinajstić information content (AvgIpc) is 3.19. The summed E-state index contributed by atoms with van der Waals surface area (Å²) in [6, 6.07) is 13.1. The zero-order valence-corrected chi connectivity index (χ0v) is 14.6. The van der Waals surface area contributed by atoms with Crippen LogP contribution < -0.4 is 13.8 Å². The van der Waals surface area contributed by atoms with Crippen LogP contribution in [0.4, 0.5) is 5.82 Å². The van der Waals surface area contributed by atoms with E-state index in [1.165, 1.54) is 22.7 Å². The normalized spacial score (nSPS) is 13.4. The number of ether oxygens (including phenoxy) is 2. The Labute approximate surface area is 150 Å². The van der Waals surface area contributed by atoms with E-state index in [1.807, 2.05) is 0 Å². The van der Waals surface area contributed by atoms with Crippen LogP contribution in [0.15, 0.2) is 70.3 Å². The molecule has 1 aliphatic heterocycles. The fraction of sp³-hybridized carbons (Fsp3) is 0.167. The number of aromatic nitrogens is 1. The number of sulfonamides is 1. The molecule has 26 heavy (non-hydrogen) atoms. The molecule has 0 saturated heterocycles. The van der Waals surface area contributed by atoms with Gasteiger partial charge in [-0.25, -0.2) is 17.7 Å². The summed E-state index contributed by atoms with van der Waals surface area (Å²) < 4.78 is 44.1. The SMILES string of the molecule is O=S(=O)(c1ccc2c(c1)OCCO2)N(Cc1ccco1)c1ccccn1. The van der Waals surface area contributed by atoms with Gasteiger partial charge in [-0.15, -0.1) is 0 Å². The number of benzene rings is 1. The van der Waals surface area contributed by atoms with Crippen molar-refractivity contribution in [1.82, 2.24) is 4.98 Å². The smallest absolute Gasteiger partial charge is 0.266 e. The third kappa shape index (κ3) is 3.11. The van der Waals surface area contributed by atoms with E-state index in [0.717, 1.165) is 0 Å². The molecule has 8 heteroatoms. The van der Waals surface area contributed by atoms with E-state index in [4.69, 9.17) is 13.9 Å². The van der Waals surface area contributed by atoms with Gasteiger partial charge in [0.15, 0.2) is 11.5 Å². The Morgan fingerprint density at radius 1 is 1.00 bits per heavy atom. The number of hydrogen-bond donors (Lipinski definition) is 0. The number of nitrogens with zero attached hydrogens (tertiary/aromatic N) is 2. The summed E-state index contributed by atoms with van der Waals surface area (Å²) in [4.78, 5) is 4.28. The van der Waals surface area contributed by atoms with Crippen LogP contribution in [0.25, 0.3) is 0 Å². The molecule has 0 saturated carbocycles. The fourth-order valence-corrected chi connectivity index (χ4v) is 4.05. The molecule has 2 aromatic heterocycles. The van der Waals surface area contributed by atoms with Gasteiger partial charge >= 0.3 is 0 Å². The van der Waals surface area contributed by atoms with E-state index in [9.17, 15) is 8.42 Å². The highest BCUT2D eigenvalue weighted by Crippen LogP contribution is 2.34. The highest BCUT2D eigenvalue weighted by molar-refractivity contribution is 7.92. The van der Waals surface area contributed by atoms with Gasteiger partial charge in [0.25, 0.3) is 10.0 Å². The summed E-state index contributed by atoms with van der Waals surface area (Å²) in [5, 5.41) is 0. The number of anilines is 1. The highest BCUT2D eigenvalue weighted by atomic mass is 32.2. The number of furan rings is 1. The molecule has 0 bridgehead atoms. The Hall–Kier alpha value is -3.00. The molecular weight excluding hydrogens is 356 g/mol. The lowest BCUT2D eigenvalue weighted by Gasteiger charge is -2.24. The summed E-state index contributed by atoms with van der Waals surface area (Å²) in [5.74, 6) is 1.76. The van der Waals surface area contributed by atoms with Crippen molar-refractivity contribution in [2.75, 3.05) is 17.5 Å². The van der Waals surface area contributed by atoms with Crippen LogP contribution in [0.1, 0.15) is 5.76 Å². The molecule has 0 unspecified atom stereocenters. The van der Waals surface area contributed by atoms with Crippen LogP contribution in [-0.2, 0) is 16.6 Å². The summed E-state index contributed by atoms with van der Waals surface area (Å²) in [7, 11) is -3.89. The van der Waals surface area contributed by atoms with E-state index in [1.54, 1.807) is 42.6 Å². The van der Waals surface area contributed by atoms with Crippen molar-refractivity contribution in [2.24, 2.45) is 0 Å². The van der Waals surface area contributed by atoms with Gasteiger partial charge < -0.3 is 13.9 Å². The average molecular weight is 372 g/mol. The zero-order valence-electron chi connectivity index (χ0n) is 13.7. The van der Waals surface area contributed by atoms with Crippen LogP contribution >= 0.6 is 0 Å². The monoisotopic (exact) mass is 372 g/mol. The van der Waals surface area contributed by atoms with Gasteiger partial charge in [-0.1, -0.05) is 6.07 Å². The van der Waals surface area contributed by atoms with Crippen molar-refractivity contribution in [2.45, 2.75) is 11.4 Å². The molecule has 1 aliphatic rings. The molecule has 0 fully saturated rings. The zero-order chi connectivity index (χ0) is 18.0. The second-order valence-corrected chi connectivity index (χ2v) is 7.45. The summed E-state index contributed by atoms with van der Waals surface area (Å²) in [5.41, 5.74) is 0.